The maximum absolute atomic E-state index is 12.8. The van der Waals surface area contributed by atoms with E-state index in [1.165, 1.54) is 0 Å². The molecule has 12 N–H and O–H groups in total. The van der Waals surface area contributed by atoms with Crippen molar-refractivity contribution in [1.82, 2.24) is 16.0 Å². The summed E-state index contributed by atoms with van der Waals surface area (Å²) in [5.41, 5.74) is 22.7. The first-order chi connectivity index (χ1) is 17.0. The Morgan fingerprint density at radius 1 is 0.917 bits per heavy atom. The van der Waals surface area contributed by atoms with Gasteiger partial charge in [0.2, 0.25) is 23.6 Å². The summed E-state index contributed by atoms with van der Waals surface area (Å²) in [5, 5.41) is 17.1. The molecule has 0 fully saturated rings. The molecule has 0 aliphatic rings. The summed E-state index contributed by atoms with van der Waals surface area (Å²) in [5.74, 6) is -3.30. The molecule has 0 bridgehead atoms. The molecule has 0 aromatic heterocycles. The Labute approximate surface area is 210 Å². The highest BCUT2D eigenvalue weighted by Crippen LogP contribution is 2.06. The fourth-order valence-corrected chi connectivity index (χ4v) is 3.27. The second-order valence-corrected chi connectivity index (χ2v) is 8.68. The molecule has 1 aromatic rings. The molecule has 0 aliphatic heterocycles. The molecule has 0 saturated carbocycles. The zero-order valence-corrected chi connectivity index (χ0v) is 20.6. The fourth-order valence-electron chi connectivity index (χ4n) is 3.27. The van der Waals surface area contributed by atoms with Gasteiger partial charge >= 0.3 is 0 Å². The first-order valence-electron chi connectivity index (χ1n) is 11.6. The van der Waals surface area contributed by atoms with Crippen molar-refractivity contribution in [2.75, 3.05) is 13.2 Å². The van der Waals surface area contributed by atoms with Gasteiger partial charge in [0.25, 0.3) is 0 Å². The van der Waals surface area contributed by atoms with Crippen LogP contribution >= 0.6 is 0 Å². The summed E-state index contributed by atoms with van der Waals surface area (Å²) in [7, 11) is 0. The van der Waals surface area contributed by atoms with Crippen LogP contribution in [0.5, 0.6) is 0 Å². The molecular weight excluding hydrogens is 468 g/mol. The van der Waals surface area contributed by atoms with E-state index in [1.807, 2.05) is 30.3 Å². The van der Waals surface area contributed by atoms with E-state index in [1.54, 1.807) is 13.8 Å². The molecule has 1 rings (SSSR count). The number of rotatable bonds is 15. The lowest BCUT2D eigenvalue weighted by molar-refractivity contribution is -0.135. The van der Waals surface area contributed by atoms with Gasteiger partial charge in [-0.25, -0.2) is 0 Å². The molecule has 200 valence electrons. The van der Waals surface area contributed by atoms with Gasteiger partial charge in [-0.3, -0.25) is 24.2 Å². The number of nitrogens with two attached hydrogens (primary N) is 4. The highest BCUT2D eigenvalue weighted by atomic mass is 16.3. The number of aliphatic hydroxyl groups excluding tert-OH is 1. The number of primary amides is 1. The Balaban J connectivity index is 2.76. The van der Waals surface area contributed by atoms with E-state index in [0.717, 1.165) is 5.56 Å². The van der Waals surface area contributed by atoms with Crippen LogP contribution in [0.15, 0.2) is 35.3 Å². The smallest absolute Gasteiger partial charge is 0.245 e. The number of carbonyl (C=O) groups excluding carboxylic acids is 4. The standard InChI is InChI=1S/C23H38N8O5/c1-13(2)18(22(36)29-16(19(25)33)9-6-10-28-23(26)27)31-21(35)17(12-32)30-20(34)15(24)11-14-7-4-3-5-8-14/h3-5,7-8,13,15-18,32H,6,9-12,24H2,1-2H3,(H2,25,33)(H,29,36)(H,30,34)(H,31,35)(H4,26,27,28)/t15-,16-,17-,18-/m0/s1. The summed E-state index contributed by atoms with van der Waals surface area (Å²) in [6.07, 6.45) is 0.804. The Morgan fingerprint density at radius 2 is 1.53 bits per heavy atom. The highest BCUT2D eigenvalue weighted by Gasteiger charge is 2.31. The minimum Gasteiger partial charge on any atom is -0.394 e. The van der Waals surface area contributed by atoms with Crippen LogP contribution in [-0.4, -0.2) is 72.0 Å². The highest BCUT2D eigenvalue weighted by molar-refractivity contribution is 5.94. The molecule has 0 spiro atoms. The number of aliphatic hydroxyl groups is 1. The third-order valence-electron chi connectivity index (χ3n) is 5.30. The monoisotopic (exact) mass is 506 g/mol. The van der Waals surface area contributed by atoms with Gasteiger partial charge in [0, 0.05) is 6.54 Å². The average Bonchev–Trinajstić information content (AvgIpc) is 2.82. The van der Waals surface area contributed by atoms with Crippen molar-refractivity contribution in [2.24, 2.45) is 33.8 Å². The van der Waals surface area contributed by atoms with E-state index < -0.39 is 54.4 Å². The number of hydrogen-bond acceptors (Lipinski definition) is 7. The number of amides is 4. The van der Waals surface area contributed by atoms with Gasteiger partial charge in [-0.15, -0.1) is 0 Å². The number of aliphatic imine (C=N–C) groups is 1. The second-order valence-electron chi connectivity index (χ2n) is 8.68. The van der Waals surface area contributed by atoms with Crippen LogP contribution < -0.4 is 38.9 Å². The Morgan fingerprint density at radius 3 is 2.06 bits per heavy atom. The van der Waals surface area contributed by atoms with E-state index in [9.17, 15) is 24.3 Å². The molecule has 4 atom stereocenters. The fraction of sp³-hybridized carbons (Fsp3) is 0.522. The molecule has 4 amide bonds. The molecule has 0 unspecified atom stereocenters. The maximum atomic E-state index is 12.8. The van der Waals surface area contributed by atoms with Gasteiger partial charge in [0.1, 0.15) is 18.1 Å². The summed E-state index contributed by atoms with van der Waals surface area (Å²) in [6.45, 7) is 2.91. The summed E-state index contributed by atoms with van der Waals surface area (Å²) >= 11 is 0. The van der Waals surface area contributed by atoms with Crippen molar-refractivity contribution in [3.8, 4) is 0 Å². The predicted octanol–water partition coefficient (Wildman–Crippen LogP) is -2.80. The quantitative estimate of drug-likeness (QED) is 0.0700. The third-order valence-corrected chi connectivity index (χ3v) is 5.30. The largest absolute Gasteiger partial charge is 0.394 e. The van der Waals surface area contributed by atoms with Crippen molar-refractivity contribution in [1.29, 1.82) is 0 Å². The van der Waals surface area contributed by atoms with E-state index in [0.29, 0.717) is 6.42 Å². The number of guanidine groups is 1. The Bertz CT molecular complexity index is 905. The SMILES string of the molecule is CC(C)[C@H](NC(=O)[C@H](CO)NC(=O)[C@@H](N)Cc1ccccc1)C(=O)N[C@@H](CCCN=C(N)N)C(N)=O. The lowest BCUT2D eigenvalue weighted by Crippen LogP contribution is -2.59. The number of hydrogen-bond donors (Lipinski definition) is 8. The number of benzene rings is 1. The minimum atomic E-state index is -1.33. The van der Waals surface area contributed by atoms with Gasteiger partial charge in [-0.05, 0) is 30.7 Å². The molecule has 0 heterocycles. The van der Waals surface area contributed by atoms with Crippen molar-refractivity contribution in [2.45, 2.75) is 57.3 Å². The normalized spacial score (nSPS) is 14.1. The summed E-state index contributed by atoms with van der Waals surface area (Å²) in [6, 6.07) is 4.73. The van der Waals surface area contributed by atoms with Gasteiger partial charge in [0.15, 0.2) is 5.96 Å². The Hall–Kier alpha value is -3.71. The van der Waals surface area contributed by atoms with Crippen LogP contribution in [0.4, 0.5) is 0 Å². The molecule has 0 radical (unpaired) electrons. The molecule has 1 aromatic carbocycles. The third kappa shape index (κ3) is 10.7. The summed E-state index contributed by atoms with van der Waals surface area (Å²) in [4.78, 5) is 53.7. The van der Waals surface area contributed by atoms with Crippen LogP contribution in [0.1, 0.15) is 32.3 Å². The summed E-state index contributed by atoms with van der Waals surface area (Å²) < 4.78 is 0. The van der Waals surface area contributed by atoms with E-state index in [2.05, 4.69) is 20.9 Å². The predicted molar refractivity (Wildman–Crippen MR) is 135 cm³/mol. The molecule has 13 heteroatoms. The van der Waals surface area contributed by atoms with Gasteiger partial charge < -0.3 is 44.0 Å². The topological polar surface area (TPSA) is 241 Å². The van der Waals surface area contributed by atoms with Crippen LogP contribution in [0.25, 0.3) is 0 Å². The van der Waals surface area contributed by atoms with Crippen molar-refractivity contribution < 1.29 is 24.3 Å². The maximum Gasteiger partial charge on any atom is 0.245 e. The first kappa shape index (κ1) is 30.3. The van der Waals surface area contributed by atoms with Crippen LogP contribution in [0, 0.1) is 5.92 Å². The Kier molecular flexibility index (Phi) is 12.9. The van der Waals surface area contributed by atoms with Crippen molar-refractivity contribution in [3.63, 3.8) is 0 Å². The molecule has 0 saturated heterocycles. The number of nitrogens with zero attached hydrogens (tertiary/aromatic N) is 1. The lowest BCUT2D eigenvalue weighted by atomic mass is 10.0. The number of carbonyl (C=O) groups is 4. The van der Waals surface area contributed by atoms with Gasteiger partial charge in [0.05, 0.1) is 12.6 Å². The van der Waals surface area contributed by atoms with Crippen molar-refractivity contribution >= 4 is 29.6 Å². The zero-order valence-electron chi connectivity index (χ0n) is 20.6. The zero-order chi connectivity index (χ0) is 27.3. The second kappa shape index (κ2) is 15.3. The van der Waals surface area contributed by atoms with E-state index in [4.69, 9.17) is 22.9 Å². The van der Waals surface area contributed by atoms with Crippen LogP contribution in [0.3, 0.4) is 0 Å². The van der Waals surface area contributed by atoms with Crippen LogP contribution in [0.2, 0.25) is 0 Å². The average molecular weight is 507 g/mol. The van der Waals surface area contributed by atoms with Gasteiger partial charge in [-0.1, -0.05) is 44.2 Å². The number of nitrogens with one attached hydrogen (secondary N) is 3. The van der Waals surface area contributed by atoms with E-state index >= 15 is 0 Å². The lowest BCUT2D eigenvalue weighted by Gasteiger charge is -2.26. The molecule has 36 heavy (non-hydrogen) atoms. The first-order valence-corrected chi connectivity index (χ1v) is 11.6. The molecular formula is C23H38N8O5. The van der Waals surface area contributed by atoms with Crippen molar-refractivity contribution in [3.05, 3.63) is 35.9 Å². The minimum absolute atomic E-state index is 0.0937. The molecule has 13 nitrogen and oxygen atoms in total. The van der Waals surface area contributed by atoms with E-state index in [-0.39, 0.29) is 31.3 Å². The van der Waals surface area contributed by atoms with Gasteiger partial charge in [-0.2, -0.15) is 0 Å². The molecule has 0 aliphatic carbocycles. The van der Waals surface area contributed by atoms with Crippen LogP contribution in [-0.2, 0) is 25.6 Å².